The Kier molecular flexibility index (Phi) is 4.01. The van der Waals surface area contributed by atoms with Crippen LogP contribution in [0.1, 0.15) is 38.5 Å². The van der Waals surface area contributed by atoms with Crippen LogP contribution < -0.4 is 0 Å². The zero-order valence-electron chi connectivity index (χ0n) is 8.61. The lowest BCUT2D eigenvalue weighted by Crippen LogP contribution is -2.17. The average molecular weight is 234 g/mol. The number of hydrogen-bond acceptors (Lipinski definition) is 3. The van der Waals surface area contributed by atoms with Gasteiger partial charge in [-0.1, -0.05) is 19.3 Å². The normalized spacial score (nSPS) is 28.9. The molecular weight excluding hydrogens is 215 g/mol. The second kappa shape index (κ2) is 5.07. The van der Waals surface area contributed by atoms with E-state index in [0.717, 1.165) is 31.7 Å². The molecule has 2 aliphatic rings. The van der Waals surface area contributed by atoms with Gasteiger partial charge in [0.15, 0.2) is 6.49 Å². The Balaban J connectivity index is 1.84. The van der Waals surface area contributed by atoms with E-state index < -0.39 is 6.49 Å². The first-order chi connectivity index (χ1) is 6.79. The van der Waals surface area contributed by atoms with Gasteiger partial charge in [-0.2, -0.15) is 0 Å². The molecule has 2 nitrogen and oxygen atoms in total. The van der Waals surface area contributed by atoms with Crippen molar-refractivity contribution in [3.63, 3.8) is 0 Å². The lowest BCUT2D eigenvalue weighted by atomic mass is 9.91. The molecule has 82 valence electrons. The molecule has 0 N–H and O–H groups in total. The zero-order valence-corrected chi connectivity index (χ0v) is 10.3. The second-order valence-electron chi connectivity index (χ2n) is 4.32. The van der Waals surface area contributed by atoms with E-state index in [1.807, 2.05) is 0 Å². The molecule has 0 unspecified atom stereocenters. The van der Waals surface area contributed by atoms with E-state index in [4.69, 9.17) is 20.9 Å². The van der Waals surface area contributed by atoms with Crippen LogP contribution in [0.3, 0.4) is 0 Å². The molecule has 2 rings (SSSR count). The zero-order chi connectivity index (χ0) is 9.86. The maximum absolute atomic E-state index is 5.67. The van der Waals surface area contributed by atoms with E-state index >= 15 is 0 Å². The van der Waals surface area contributed by atoms with Crippen LogP contribution in [0.5, 0.6) is 0 Å². The van der Waals surface area contributed by atoms with Crippen LogP contribution in [-0.4, -0.2) is 19.4 Å². The minimum absolute atomic E-state index is 0.785. The molecule has 0 atom stereocenters. The first kappa shape index (κ1) is 11.1. The standard InChI is InChI=1S/C10H19O2PS/c14-13(11-7-4-8-12-13)9-10-5-2-1-3-6-10/h10H,1-9H2. The van der Waals surface area contributed by atoms with Gasteiger partial charge in [0.1, 0.15) is 0 Å². The van der Waals surface area contributed by atoms with E-state index in [-0.39, 0.29) is 0 Å². The summed E-state index contributed by atoms with van der Waals surface area (Å²) in [6.07, 6.45) is 8.88. The summed E-state index contributed by atoms with van der Waals surface area (Å²) >= 11 is 5.50. The molecule has 0 amide bonds. The molecule has 0 spiro atoms. The minimum Gasteiger partial charge on any atom is -0.329 e. The van der Waals surface area contributed by atoms with E-state index in [0.29, 0.717) is 0 Å². The van der Waals surface area contributed by atoms with E-state index in [2.05, 4.69) is 0 Å². The Hall–Kier alpha value is 0.570. The van der Waals surface area contributed by atoms with Crippen molar-refractivity contribution in [2.75, 3.05) is 19.4 Å². The van der Waals surface area contributed by atoms with Gasteiger partial charge >= 0.3 is 0 Å². The third-order valence-electron chi connectivity index (χ3n) is 3.07. The van der Waals surface area contributed by atoms with Crippen molar-refractivity contribution in [2.45, 2.75) is 38.5 Å². The van der Waals surface area contributed by atoms with Crippen LogP contribution in [0.15, 0.2) is 0 Å². The van der Waals surface area contributed by atoms with Crippen LogP contribution in [0.2, 0.25) is 0 Å². The van der Waals surface area contributed by atoms with Gasteiger partial charge in [0.2, 0.25) is 0 Å². The van der Waals surface area contributed by atoms with Gasteiger partial charge in [-0.15, -0.1) is 0 Å². The van der Waals surface area contributed by atoms with Crippen molar-refractivity contribution in [1.29, 1.82) is 0 Å². The highest BCUT2D eigenvalue weighted by atomic mass is 32.5. The molecule has 1 aliphatic carbocycles. The van der Waals surface area contributed by atoms with Gasteiger partial charge in [0.05, 0.1) is 13.2 Å². The predicted molar refractivity (Wildman–Crippen MR) is 62.2 cm³/mol. The Labute approximate surface area is 91.5 Å². The third kappa shape index (κ3) is 3.03. The molecule has 0 radical (unpaired) electrons. The molecule has 1 saturated heterocycles. The molecular formula is C10H19O2PS. The largest absolute Gasteiger partial charge is 0.329 e. The van der Waals surface area contributed by atoms with Crippen LogP contribution in [0, 0.1) is 5.92 Å². The molecule has 0 bridgehead atoms. The highest BCUT2D eigenvalue weighted by Gasteiger charge is 2.27. The summed E-state index contributed by atoms with van der Waals surface area (Å²) in [4.78, 5) is 0. The molecule has 1 heterocycles. The van der Waals surface area contributed by atoms with Crippen LogP contribution >= 0.6 is 6.49 Å². The highest BCUT2D eigenvalue weighted by molar-refractivity contribution is 8.09. The smallest absolute Gasteiger partial charge is 0.188 e. The van der Waals surface area contributed by atoms with Crippen molar-refractivity contribution in [3.05, 3.63) is 0 Å². The fourth-order valence-corrected chi connectivity index (χ4v) is 5.47. The molecule has 2 fully saturated rings. The van der Waals surface area contributed by atoms with Gasteiger partial charge in [0.25, 0.3) is 0 Å². The Morgan fingerprint density at radius 2 is 1.64 bits per heavy atom. The molecule has 4 heteroatoms. The van der Waals surface area contributed by atoms with Crippen molar-refractivity contribution < 1.29 is 9.05 Å². The summed E-state index contributed by atoms with van der Waals surface area (Å²) in [5.74, 6) is 0.785. The van der Waals surface area contributed by atoms with Crippen molar-refractivity contribution in [1.82, 2.24) is 0 Å². The Bertz CT molecular complexity index is 216. The molecule has 0 aromatic carbocycles. The predicted octanol–water partition coefficient (Wildman–Crippen LogP) is 3.31. The second-order valence-corrected chi connectivity index (χ2v) is 8.09. The van der Waals surface area contributed by atoms with Crippen LogP contribution in [0.25, 0.3) is 0 Å². The lowest BCUT2D eigenvalue weighted by molar-refractivity contribution is 0.175. The highest BCUT2D eigenvalue weighted by Crippen LogP contribution is 2.53. The summed E-state index contributed by atoms with van der Waals surface area (Å²) in [5, 5.41) is 0. The molecule has 14 heavy (non-hydrogen) atoms. The molecule has 1 aliphatic heterocycles. The fraction of sp³-hybridized carbons (Fsp3) is 1.00. The Morgan fingerprint density at radius 3 is 2.29 bits per heavy atom. The average Bonchev–Trinajstić information content (AvgIpc) is 2.19. The monoisotopic (exact) mass is 234 g/mol. The SMILES string of the molecule is S=P1(CC2CCCCC2)OCCCO1. The van der Waals surface area contributed by atoms with E-state index in [1.165, 1.54) is 32.1 Å². The van der Waals surface area contributed by atoms with Gasteiger partial charge in [0, 0.05) is 6.16 Å². The first-order valence-electron chi connectivity index (χ1n) is 5.67. The summed E-state index contributed by atoms with van der Waals surface area (Å²) in [5.41, 5.74) is 0. The van der Waals surface area contributed by atoms with Crippen molar-refractivity contribution in [3.8, 4) is 0 Å². The van der Waals surface area contributed by atoms with E-state index in [1.54, 1.807) is 0 Å². The van der Waals surface area contributed by atoms with Crippen molar-refractivity contribution >= 4 is 18.3 Å². The van der Waals surface area contributed by atoms with Crippen LogP contribution in [-0.2, 0) is 20.9 Å². The van der Waals surface area contributed by atoms with Gasteiger partial charge in [-0.3, -0.25) is 0 Å². The van der Waals surface area contributed by atoms with E-state index in [9.17, 15) is 0 Å². The van der Waals surface area contributed by atoms with Gasteiger partial charge in [-0.25, -0.2) is 0 Å². The topological polar surface area (TPSA) is 18.5 Å². The molecule has 0 aromatic heterocycles. The van der Waals surface area contributed by atoms with Crippen LogP contribution in [0.4, 0.5) is 0 Å². The lowest BCUT2D eigenvalue weighted by Gasteiger charge is -2.31. The third-order valence-corrected chi connectivity index (χ3v) is 6.27. The van der Waals surface area contributed by atoms with Crippen molar-refractivity contribution in [2.24, 2.45) is 5.92 Å². The number of hydrogen-bond donors (Lipinski definition) is 0. The molecule has 0 aromatic rings. The molecule has 1 saturated carbocycles. The Morgan fingerprint density at radius 1 is 1.00 bits per heavy atom. The maximum atomic E-state index is 5.67. The van der Waals surface area contributed by atoms with Gasteiger partial charge in [-0.05, 0) is 37.0 Å². The number of rotatable bonds is 2. The van der Waals surface area contributed by atoms with Gasteiger partial charge < -0.3 is 9.05 Å². The summed E-state index contributed by atoms with van der Waals surface area (Å²) in [7, 11) is 0. The summed E-state index contributed by atoms with van der Waals surface area (Å²) < 4.78 is 11.3. The first-order valence-corrected chi connectivity index (χ1v) is 8.49. The minimum atomic E-state index is -1.85. The fourth-order valence-electron chi connectivity index (χ4n) is 2.29. The summed E-state index contributed by atoms with van der Waals surface area (Å²) in [6, 6.07) is 0. The maximum Gasteiger partial charge on any atom is 0.188 e. The summed E-state index contributed by atoms with van der Waals surface area (Å²) in [6.45, 7) is -0.202. The quantitative estimate of drug-likeness (QED) is 0.683.